The molecular weight excluding hydrogens is 389 g/mol. The third kappa shape index (κ3) is 4.40. The number of likely N-dealkylation sites (N-methyl/N-ethyl adjacent to an activating group) is 1. The molecule has 27 heavy (non-hydrogen) atoms. The maximum absolute atomic E-state index is 12.7. The minimum absolute atomic E-state index is 0.00109. The Morgan fingerprint density at radius 2 is 1.93 bits per heavy atom. The number of anilines is 1. The lowest BCUT2D eigenvalue weighted by Gasteiger charge is -2.27. The predicted molar refractivity (Wildman–Crippen MR) is 107 cm³/mol. The molecule has 0 aromatic heterocycles. The van der Waals surface area contributed by atoms with E-state index in [0.717, 1.165) is 24.9 Å². The van der Waals surface area contributed by atoms with E-state index in [9.17, 15) is 14.9 Å². The monoisotopic (exact) mass is 407 g/mol. The van der Waals surface area contributed by atoms with Gasteiger partial charge in [-0.1, -0.05) is 29.3 Å². The second-order valence-corrected chi connectivity index (χ2v) is 7.34. The summed E-state index contributed by atoms with van der Waals surface area (Å²) in [6.07, 6.45) is 1.95. The van der Waals surface area contributed by atoms with Gasteiger partial charge in [0.2, 0.25) is 5.91 Å². The van der Waals surface area contributed by atoms with Crippen molar-refractivity contribution in [3.05, 3.63) is 68.2 Å². The van der Waals surface area contributed by atoms with Crippen molar-refractivity contribution < 1.29 is 9.72 Å². The molecule has 8 heteroatoms. The van der Waals surface area contributed by atoms with E-state index in [-0.39, 0.29) is 24.2 Å². The Kier molecular flexibility index (Phi) is 5.99. The van der Waals surface area contributed by atoms with Crippen molar-refractivity contribution in [3.8, 4) is 0 Å². The summed E-state index contributed by atoms with van der Waals surface area (Å²) in [5, 5.41) is 11.8. The van der Waals surface area contributed by atoms with Crippen LogP contribution in [0.1, 0.15) is 24.4 Å². The molecule has 1 aliphatic heterocycles. The van der Waals surface area contributed by atoms with Crippen molar-refractivity contribution in [1.29, 1.82) is 0 Å². The number of amides is 1. The molecule has 1 fully saturated rings. The van der Waals surface area contributed by atoms with Crippen molar-refractivity contribution in [1.82, 2.24) is 4.90 Å². The number of nitrogens with zero attached hydrogens (tertiary/aromatic N) is 3. The highest BCUT2D eigenvalue weighted by Crippen LogP contribution is 2.35. The molecule has 1 aliphatic rings. The van der Waals surface area contributed by atoms with Crippen LogP contribution in [0.4, 0.5) is 11.4 Å². The van der Waals surface area contributed by atoms with Crippen LogP contribution in [-0.2, 0) is 4.79 Å². The maximum Gasteiger partial charge on any atom is 0.269 e. The molecule has 1 saturated heterocycles. The molecule has 1 atom stereocenters. The van der Waals surface area contributed by atoms with Crippen LogP contribution >= 0.6 is 23.2 Å². The summed E-state index contributed by atoms with van der Waals surface area (Å²) in [6, 6.07) is 11.7. The molecule has 1 heterocycles. The summed E-state index contributed by atoms with van der Waals surface area (Å²) >= 11 is 12.1. The van der Waals surface area contributed by atoms with Gasteiger partial charge in [-0.3, -0.25) is 19.8 Å². The van der Waals surface area contributed by atoms with Crippen LogP contribution in [0.5, 0.6) is 0 Å². The Bertz CT molecular complexity index is 858. The van der Waals surface area contributed by atoms with Crippen molar-refractivity contribution in [2.24, 2.45) is 0 Å². The largest absolute Gasteiger partial charge is 0.314 e. The molecule has 2 aromatic carbocycles. The van der Waals surface area contributed by atoms with Crippen LogP contribution in [-0.4, -0.2) is 35.9 Å². The standard InChI is InChI=1S/C19H19Cl2N3O3/c1-22(14-5-7-15(8-6-14)24(26)27)19(25)12-23-10-2-3-18(23)13-4-9-16(20)17(21)11-13/h4-9,11,18H,2-3,10,12H2,1H3/t18-/m0/s1. The number of carbonyl (C=O) groups excluding carboxylic acids is 1. The Morgan fingerprint density at radius 3 is 2.56 bits per heavy atom. The molecule has 0 unspecified atom stereocenters. The van der Waals surface area contributed by atoms with E-state index in [0.29, 0.717) is 15.7 Å². The Hall–Kier alpha value is -2.15. The summed E-state index contributed by atoms with van der Waals surface area (Å²) in [6.45, 7) is 1.09. The number of halogens is 2. The fraction of sp³-hybridized carbons (Fsp3) is 0.316. The van der Waals surface area contributed by atoms with Crippen molar-refractivity contribution >= 4 is 40.5 Å². The summed E-state index contributed by atoms with van der Waals surface area (Å²) in [5.41, 5.74) is 1.67. The average Bonchev–Trinajstić information content (AvgIpc) is 3.11. The highest BCUT2D eigenvalue weighted by molar-refractivity contribution is 6.42. The van der Waals surface area contributed by atoms with Crippen molar-refractivity contribution in [2.45, 2.75) is 18.9 Å². The smallest absolute Gasteiger partial charge is 0.269 e. The summed E-state index contributed by atoms with van der Waals surface area (Å²) in [5.74, 6) is -0.0733. The van der Waals surface area contributed by atoms with E-state index >= 15 is 0 Å². The first-order chi connectivity index (χ1) is 12.9. The molecule has 2 aromatic rings. The number of nitro groups is 1. The molecule has 0 saturated carbocycles. The van der Waals surface area contributed by atoms with Crippen LogP contribution in [0.2, 0.25) is 10.0 Å². The van der Waals surface area contributed by atoms with Gasteiger partial charge in [-0.05, 0) is 49.2 Å². The van der Waals surface area contributed by atoms with Crippen LogP contribution in [0, 0.1) is 10.1 Å². The van der Waals surface area contributed by atoms with Gasteiger partial charge in [-0.15, -0.1) is 0 Å². The zero-order valence-electron chi connectivity index (χ0n) is 14.8. The van der Waals surface area contributed by atoms with E-state index < -0.39 is 4.92 Å². The average molecular weight is 408 g/mol. The highest BCUT2D eigenvalue weighted by atomic mass is 35.5. The Balaban J connectivity index is 1.70. The van der Waals surface area contributed by atoms with Gasteiger partial charge in [0, 0.05) is 30.9 Å². The normalized spacial score (nSPS) is 17.1. The predicted octanol–water partition coefficient (Wildman–Crippen LogP) is 4.70. The Labute approximate surface area is 167 Å². The van der Waals surface area contributed by atoms with Gasteiger partial charge in [0.15, 0.2) is 0 Å². The first-order valence-electron chi connectivity index (χ1n) is 8.57. The maximum atomic E-state index is 12.7. The third-order valence-corrected chi connectivity index (χ3v) is 5.59. The zero-order valence-corrected chi connectivity index (χ0v) is 16.3. The number of non-ortho nitro benzene ring substituents is 1. The highest BCUT2D eigenvalue weighted by Gasteiger charge is 2.29. The number of likely N-dealkylation sites (tertiary alicyclic amines) is 1. The SMILES string of the molecule is CN(C(=O)CN1CCC[C@H]1c1ccc(Cl)c(Cl)c1)c1ccc([N+](=O)[O-])cc1. The minimum Gasteiger partial charge on any atom is -0.314 e. The number of hydrogen-bond donors (Lipinski definition) is 0. The molecule has 6 nitrogen and oxygen atoms in total. The van der Waals surface area contributed by atoms with Crippen molar-refractivity contribution in [2.75, 3.05) is 25.0 Å². The first kappa shape index (κ1) is 19.6. The molecule has 0 bridgehead atoms. The van der Waals surface area contributed by atoms with Gasteiger partial charge in [0.05, 0.1) is 21.5 Å². The van der Waals surface area contributed by atoms with Gasteiger partial charge < -0.3 is 4.90 Å². The van der Waals surface area contributed by atoms with E-state index in [1.54, 1.807) is 25.2 Å². The topological polar surface area (TPSA) is 66.7 Å². The fourth-order valence-corrected chi connectivity index (χ4v) is 3.64. The quantitative estimate of drug-likeness (QED) is 0.531. The van der Waals surface area contributed by atoms with Gasteiger partial charge >= 0.3 is 0 Å². The molecule has 3 rings (SSSR count). The Morgan fingerprint density at radius 1 is 1.22 bits per heavy atom. The fourth-order valence-electron chi connectivity index (χ4n) is 3.33. The zero-order chi connectivity index (χ0) is 19.6. The van der Waals surface area contributed by atoms with Gasteiger partial charge in [0.1, 0.15) is 0 Å². The molecule has 1 amide bonds. The number of nitro benzene ring substituents is 1. The van der Waals surface area contributed by atoms with E-state index in [1.807, 2.05) is 12.1 Å². The van der Waals surface area contributed by atoms with Gasteiger partial charge in [-0.25, -0.2) is 0 Å². The van der Waals surface area contributed by atoms with Crippen molar-refractivity contribution in [3.63, 3.8) is 0 Å². The number of rotatable bonds is 5. The molecule has 0 radical (unpaired) electrons. The number of hydrogen-bond acceptors (Lipinski definition) is 4. The number of carbonyl (C=O) groups is 1. The van der Waals surface area contributed by atoms with Gasteiger partial charge in [-0.2, -0.15) is 0 Å². The van der Waals surface area contributed by atoms with E-state index in [1.165, 1.54) is 17.0 Å². The second-order valence-electron chi connectivity index (χ2n) is 6.53. The number of benzene rings is 2. The summed E-state index contributed by atoms with van der Waals surface area (Å²) in [7, 11) is 1.67. The van der Waals surface area contributed by atoms with Crippen LogP contribution in [0.15, 0.2) is 42.5 Å². The lowest BCUT2D eigenvalue weighted by Crippen LogP contribution is -2.38. The van der Waals surface area contributed by atoms with E-state index in [4.69, 9.17) is 23.2 Å². The molecule has 0 N–H and O–H groups in total. The molecular formula is C19H19Cl2N3O3. The van der Waals surface area contributed by atoms with Crippen LogP contribution < -0.4 is 4.90 Å². The summed E-state index contributed by atoms with van der Waals surface area (Å²) in [4.78, 5) is 26.7. The minimum atomic E-state index is -0.461. The molecule has 142 valence electrons. The summed E-state index contributed by atoms with van der Waals surface area (Å²) < 4.78 is 0. The molecule has 0 aliphatic carbocycles. The third-order valence-electron chi connectivity index (χ3n) is 4.85. The van der Waals surface area contributed by atoms with E-state index in [2.05, 4.69) is 4.90 Å². The lowest BCUT2D eigenvalue weighted by atomic mass is 10.0. The van der Waals surface area contributed by atoms with Crippen LogP contribution in [0.25, 0.3) is 0 Å². The second kappa shape index (κ2) is 8.25. The van der Waals surface area contributed by atoms with Gasteiger partial charge in [0.25, 0.3) is 5.69 Å². The lowest BCUT2D eigenvalue weighted by molar-refractivity contribution is -0.384. The van der Waals surface area contributed by atoms with Crippen LogP contribution in [0.3, 0.4) is 0 Å². The first-order valence-corrected chi connectivity index (χ1v) is 9.32. The molecule has 0 spiro atoms.